The van der Waals surface area contributed by atoms with Gasteiger partial charge in [-0.15, -0.1) is 0 Å². The van der Waals surface area contributed by atoms with Crippen LogP contribution in [0.2, 0.25) is 0 Å². The van der Waals surface area contributed by atoms with Crippen LogP contribution in [-0.2, 0) is 16.9 Å². The first kappa shape index (κ1) is 18.0. The summed E-state index contributed by atoms with van der Waals surface area (Å²) >= 11 is 0. The van der Waals surface area contributed by atoms with Gasteiger partial charge in [-0.05, 0) is 31.5 Å². The molecule has 1 aromatic carbocycles. The molecule has 1 N–H and O–H groups in total. The molecule has 8 heteroatoms. The zero-order valence-corrected chi connectivity index (χ0v) is 15.4. The van der Waals surface area contributed by atoms with Gasteiger partial charge in [-0.3, -0.25) is 4.79 Å². The lowest BCUT2D eigenvalue weighted by molar-refractivity contribution is 0.103. The van der Waals surface area contributed by atoms with Crippen molar-refractivity contribution in [2.45, 2.75) is 18.7 Å². The summed E-state index contributed by atoms with van der Waals surface area (Å²) in [6.07, 6.45) is 1.13. The number of carbonyl (C=O) groups excluding carboxylic acids is 1. The predicted octanol–water partition coefficient (Wildman–Crippen LogP) is 1.44. The van der Waals surface area contributed by atoms with Gasteiger partial charge in [-0.1, -0.05) is 0 Å². The highest BCUT2D eigenvalue weighted by molar-refractivity contribution is 7.90. The number of ketones is 1. The molecule has 0 radical (unpaired) electrons. The summed E-state index contributed by atoms with van der Waals surface area (Å²) in [6, 6.07) is 2.90. The van der Waals surface area contributed by atoms with Crippen LogP contribution in [0.1, 0.15) is 27.2 Å². The third-order valence-electron chi connectivity index (χ3n) is 3.90. The van der Waals surface area contributed by atoms with Gasteiger partial charge in [0.2, 0.25) is 11.7 Å². The molecule has 24 heavy (non-hydrogen) atoms. The van der Waals surface area contributed by atoms with Crippen LogP contribution < -0.4 is 4.90 Å². The number of aryl methyl sites for hydroxylation is 2. The zero-order valence-electron chi connectivity index (χ0n) is 14.6. The minimum atomic E-state index is -3.44. The van der Waals surface area contributed by atoms with E-state index in [2.05, 4.69) is 5.10 Å². The summed E-state index contributed by atoms with van der Waals surface area (Å²) < 4.78 is 25.2. The predicted molar refractivity (Wildman–Crippen MR) is 91.7 cm³/mol. The van der Waals surface area contributed by atoms with Gasteiger partial charge in [0.1, 0.15) is 5.56 Å². The number of benzene rings is 1. The van der Waals surface area contributed by atoms with Gasteiger partial charge < -0.3 is 10.0 Å². The van der Waals surface area contributed by atoms with Crippen molar-refractivity contribution in [2.24, 2.45) is 7.05 Å². The molecule has 0 unspecified atom stereocenters. The van der Waals surface area contributed by atoms with Crippen molar-refractivity contribution in [2.75, 3.05) is 25.3 Å². The van der Waals surface area contributed by atoms with E-state index < -0.39 is 15.6 Å². The smallest absolute Gasteiger partial charge is 0.220 e. The third-order valence-corrected chi connectivity index (χ3v) is 5.03. The lowest BCUT2D eigenvalue weighted by Gasteiger charge is -2.21. The normalized spacial score (nSPS) is 11.6. The highest BCUT2D eigenvalue weighted by atomic mass is 32.2. The average Bonchev–Trinajstić information content (AvgIpc) is 2.69. The molecule has 0 aliphatic carbocycles. The molecule has 0 aliphatic heterocycles. The maximum absolute atomic E-state index is 12.9. The van der Waals surface area contributed by atoms with Crippen LogP contribution in [0.4, 0.5) is 5.69 Å². The van der Waals surface area contributed by atoms with E-state index in [4.69, 9.17) is 0 Å². The van der Waals surface area contributed by atoms with Crippen LogP contribution in [0.5, 0.6) is 5.88 Å². The maximum Gasteiger partial charge on any atom is 0.220 e. The maximum atomic E-state index is 12.9. The third kappa shape index (κ3) is 2.89. The molecule has 1 heterocycles. The van der Waals surface area contributed by atoms with Crippen molar-refractivity contribution in [1.29, 1.82) is 0 Å². The topological polar surface area (TPSA) is 92.5 Å². The van der Waals surface area contributed by atoms with Gasteiger partial charge in [0.15, 0.2) is 9.84 Å². The van der Waals surface area contributed by atoms with E-state index >= 15 is 0 Å². The molecule has 130 valence electrons. The van der Waals surface area contributed by atoms with E-state index in [1.54, 1.807) is 39.9 Å². The number of hydrogen-bond donors (Lipinski definition) is 1. The van der Waals surface area contributed by atoms with E-state index in [0.717, 1.165) is 6.26 Å². The quantitative estimate of drug-likeness (QED) is 0.838. The Balaban J connectivity index is 2.73. The summed E-state index contributed by atoms with van der Waals surface area (Å²) in [4.78, 5) is 14.7. The minimum Gasteiger partial charge on any atom is -0.493 e. The Morgan fingerprint density at radius 1 is 1.25 bits per heavy atom. The zero-order chi connectivity index (χ0) is 18.4. The number of anilines is 1. The Kier molecular flexibility index (Phi) is 4.45. The van der Waals surface area contributed by atoms with Crippen molar-refractivity contribution < 1.29 is 18.3 Å². The summed E-state index contributed by atoms with van der Waals surface area (Å²) in [7, 11) is 1.55. The first-order valence-electron chi connectivity index (χ1n) is 7.25. The molecule has 7 nitrogen and oxygen atoms in total. The molecule has 0 spiro atoms. The standard InChI is InChI=1S/C16H21N3O4S/c1-9-11(15(20)13-10(2)17-19(5)16(13)21)7-8-12(24(6,22)23)14(9)18(3)4/h7-8,21H,1-6H3. The molecule has 0 amide bonds. The van der Waals surface area contributed by atoms with Gasteiger partial charge >= 0.3 is 0 Å². The summed E-state index contributed by atoms with van der Waals surface area (Å²) in [5.74, 6) is -0.603. The molecule has 2 rings (SSSR count). The molecule has 2 aromatic rings. The fourth-order valence-corrected chi connectivity index (χ4v) is 3.82. The average molecular weight is 351 g/mol. The number of carbonyl (C=O) groups is 1. The second kappa shape index (κ2) is 5.94. The van der Waals surface area contributed by atoms with Gasteiger partial charge in [-0.25, -0.2) is 13.1 Å². The van der Waals surface area contributed by atoms with E-state index in [1.165, 1.54) is 16.8 Å². The van der Waals surface area contributed by atoms with E-state index in [9.17, 15) is 18.3 Å². The fraction of sp³-hybridized carbons (Fsp3) is 0.375. The minimum absolute atomic E-state index is 0.123. The Morgan fingerprint density at radius 3 is 2.25 bits per heavy atom. The monoisotopic (exact) mass is 351 g/mol. The van der Waals surface area contributed by atoms with Gasteiger partial charge in [-0.2, -0.15) is 5.10 Å². The number of hydrogen-bond acceptors (Lipinski definition) is 6. The van der Waals surface area contributed by atoms with E-state index in [-0.39, 0.29) is 16.3 Å². The Labute approximate surface area is 141 Å². The SMILES string of the molecule is Cc1nn(C)c(O)c1C(=O)c1ccc(S(C)(=O)=O)c(N(C)C)c1C. The number of nitrogens with zero attached hydrogens (tertiary/aromatic N) is 3. The Hall–Kier alpha value is -2.35. The Morgan fingerprint density at radius 2 is 1.83 bits per heavy atom. The molecule has 0 aliphatic rings. The molecule has 0 bridgehead atoms. The molecule has 0 fully saturated rings. The van der Waals surface area contributed by atoms with Crippen LogP contribution in [0.25, 0.3) is 0 Å². The van der Waals surface area contributed by atoms with Crippen LogP contribution in [0, 0.1) is 13.8 Å². The first-order valence-corrected chi connectivity index (χ1v) is 9.14. The molecular weight excluding hydrogens is 330 g/mol. The number of sulfone groups is 1. The van der Waals surface area contributed by atoms with Gasteiger partial charge in [0.05, 0.1) is 16.3 Å². The second-order valence-corrected chi connectivity index (χ2v) is 7.97. The van der Waals surface area contributed by atoms with Crippen molar-refractivity contribution in [1.82, 2.24) is 9.78 Å². The summed E-state index contributed by atoms with van der Waals surface area (Å²) in [5, 5.41) is 14.1. The largest absolute Gasteiger partial charge is 0.493 e. The second-order valence-electron chi connectivity index (χ2n) is 5.99. The number of aromatic hydroxyl groups is 1. The van der Waals surface area contributed by atoms with Crippen LogP contribution in [0.15, 0.2) is 17.0 Å². The lowest BCUT2D eigenvalue weighted by atomic mass is 9.97. The molecule has 0 saturated heterocycles. The fourth-order valence-electron chi connectivity index (χ4n) is 2.82. The van der Waals surface area contributed by atoms with E-state index in [1.807, 2.05) is 0 Å². The Bertz CT molecular complexity index is 927. The number of aromatic nitrogens is 2. The van der Waals surface area contributed by atoms with Crippen molar-refractivity contribution >= 4 is 21.3 Å². The van der Waals surface area contributed by atoms with Gasteiger partial charge in [0, 0.05) is 33.0 Å². The molecule has 1 aromatic heterocycles. The van der Waals surface area contributed by atoms with Gasteiger partial charge in [0.25, 0.3) is 0 Å². The molecular formula is C16H21N3O4S. The summed E-state index contributed by atoms with van der Waals surface area (Å²) in [5.41, 5.74) is 1.87. The first-order chi connectivity index (χ1) is 11.0. The van der Waals surface area contributed by atoms with Crippen LogP contribution in [-0.4, -0.2) is 49.4 Å². The van der Waals surface area contributed by atoms with Crippen molar-refractivity contribution in [3.8, 4) is 5.88 Å². The van der Waals surface area contributed by atoms with Crippen LogP contribution >= 0.6 is 0 Å². The summed E-state index contributed by atoms with van der Waals surface area (Å²) in [6.45, 7) is 3.33. The van der Waals surface area contributed by atoms with Crippen molar-refractivity contribution in [3.63, 3.8) is 0 Å². The molecule has 0 atom stereocenters. The van der Waals surface area contributed by atoms with E-state index in [0.29, 0.717) is 22.5 Å². The highest BCUT2D eigenvalue weighted by Gasteiger charge is 2.26. The highest BCUT2D eigenvalue weighted by Crippen LogP contribution is 2.33. The van der Waals surface area contributed by atoms with Crippen LogP contribution in [0.3, 0.4) is 0 Å². The van der Waals surface area contributed by atoms with Crippen molar-refractivity contribution in [3.05, 3.63) is 34.5 Å². The molecule has 0 saturated carbocycles. The number of rotatable bonds is 4. The lowest BCUT2D eigenvalue weighted by Crippen LogP contribution is -2.17.